The molecule has 8 aliphatic rings. The molecule has 1 heterocycles. The van der Waals surface area contributed by atoms with Gasteiger partial charge in [0, 0.05) is 30.1 Å². The van der Waals surface area contributed by atoms with Crippen LogP contribution < -0.4 is 5.32 Å². The van der Waals surface area contributed by atoms with Gasteiger partial charge in [0.2, 0.25) is 6.10 Å². The SMILES string of the molecule is CC(=O)O[C@@]12CO[C@@H]1C[C@H](C)[C@@]1(C)C(=O)[C@H](C)C3=C(C)[C@@H](OC(=O)[C@H](OC(=O)COCCO[C@H]4CC[C@@]5(C)C(=CCC6C5CC[C@@]5(C)C6CC[C@@H]5[C@H](C)CCCC(C)C)C4)[C@@H](NC(=O)OC(C)(C)C)c4ccccc4)C[C@@](O)([C@@H](OC(=O)c4ccccc4)[C@H]21)C3(C)C. The Hall–Kier alpha value is -5.42. The lowest BCUT2D eigenvalue weighted by molar-refractivity contribution is -0.339. The van der Waals surface area contributed by atoms with Crippen LogP contribution in [0.2, 0.25) is 0 Å². The van der Waals surface area contributed by atoms with E-state index in [-0.39, 0.29) is 42.7 Å². The number of ether oxygens (including phenoxy) is 8. The van der Waals surface area contributed by atoms with Gasteiger partial charge in [-0.05, 0) is 167 Å². The van der Waals surface area contributed by atoms with E-state index in [2.05, 4.69) is 46.0 Å². The van der Waals surface area contributed by atoms with Crippen molar-refractivity contribution in [2.45, 2.75) is 241 Å². The zero-order valence-electron chi connectivity index (χ0n) is 57.7. The number of aliphatic hydroxyl groups is 1. The fourth-order valence-electron chi connectivity index (χ4n) is 19.9. The third-order valence-corrected chi connectivity index (χ3v) is 24.6. The number of esters is 4. The lowest BCUT2D eigenvalue weighted by atomic mass is 9.42. The molecule has 16 heteroatoms. The summed E-state index contributed by atoms with van der Waals surface area (Å²) in [5, 5.41) is 16.9. The number of Topliss-reactive ketones (excluding diaryl/α,β-unsaturated/α-hetero) is 1. The number of rotatable bonds is 20. The molecule has 1 amide bonds. The number of fused-ring (bicyclic) bond motifs is 10. The fraction of sp³-hybridized carbons (Fsp3) is 0.711. The highest BCUT2D eigenvalue weighted by molar-refractivity contribution is 5.92. The van der Waals surface area contributed by atoms with Gasteiger partial charge in [-0.15, -0.1) is 0 Å². The van der Waals surface area contributed by atoms with E-state index >= 15 is 9.59 Å². The second kappa shape index (κ2) is 26.6. The first-order valence-electron chi connectivity index (χ1n) is 34.7. The molecule has 0 radical (unpaired) electrons. The van der Waals surface area contributed by atoms with Crippen LogP contribution >= 0.6 is 0 Å². The minimum atomic E-state index is -2.17. The van der Waals surface area contributed by atoms with Crippen molar-refractivity contribution in [3.63, 3.8) is 0 Å². The number of amides is 1. The van der Waals surface area contributed by atoms with Crippen LogP contribution in [0.4, 0.5) is 4.79 Å². The maximum Gasteiger partial charge on any atom is 0.408 e. The van der Waals surface area contributed by atoms with E-state index < -0.39 is 119 Å². The maximum absolute atomic E-state index is 15.8. The Labute approximate surface area is 547 Å². The largest absolute Gasteiger partial charge is 0.455 e. The van der Waals surface area contributed by atoms with Crippen LogP contribution in [0.25, 0.3) is 0 Å². The maximum atomic E-state index is 15.8. The Morgan fingerprint density at radius 3 is 2.20 bits per heavy atom. The van der Waals surface area contributed by atoms with E-state index in [0.717, 1.165) is 55.3 Å². The molecule has 1 aliphatic heterocycles. The minimum Gasteiger partial charge on any atom is -0.455 e. The number of hydrogen-bond donors (Lipinski definition) is 2. The Bertz CT molecular complexity index is 3110. The lowest BCUT2D eigenvalue weighted by Crippen LogP contribution is -2.80. The van der Waals surface area contributed by atoms with Crippen LogP contribution in [0.1, 0.15) is 209 Å². The molecule has 7 aliphatic carbocycles. The number of allylic oxidation sites excluding steroid dienone is 1. The molecule has 2 N–H and O–H groups in total. The second-order valence-corrected chi connectivity index (χ2v) is 31.8. The average Bonchev–Trinajstić information content (AvgIpc) is 0.767. The molecule has 2 aromatic carbocycles. The van der Waals surface area contributed by atoms with E-state index in [0.29, 0.717) is 34.5 Å². The van der Waals surface area contributed by atoms with Crippen LogP contribution in [-0.4, -0.2) is 115 Å². The van der Waals surface area contributed by atoms with Gasteiger partial charge in [0.1, 0.15) is 47.9 Å². The molecular weight excluding hydrogens is 1170 g/mol. The lowest BCUT2D eigenvalue weighted by Gasteiger charge is -2.68. The number of carbonyl (C=O) groups excluding carboxylic acids is 6. The van der Waals surface area contributed by atoms with Crippen molar-refractivity contribution in [2.24, 2.45) is 74.9 Å². The minimum absolute atomic E-state index is 0.0137. The summed E-state index contributed by atoms with van der Waals surface area (Å²) < 4.78 is 50.1. The van der Waals surface area contributed by atoms with Crippen molar-refractivity contribution in [2.75, 3.05) is 26.4 Å². The molecule has 6 fully saturated rings. The van der Waals surface area contributed by atoms with Crippen LogP contribution in [0.5, 0.6) is 0 Å². The summed E-state index contributed by atoms with van der Waals surface area (Å²) in [4.78, 5) is 87.5. The molecule has 92 heavy (non-hydrogen) atoms. The highest BCUT2D eigenvalue weighted by atomic mass is 16.6. The molecule has 19 atom stereocenters. The number of benzene rings is 2. The van der Waals surface area contributed by atoms with Crippen molar-refractivity contribution in [1.29, 1.82) is 0 Å². The number of alkyl carbamates (subject to hydrolysis) is 1. The second-order valence-electron chi connectivity index (χ2n) is 31.8. The van der Waals surface area contributed by atoms with Gasteiger partial charge in [0.05, 0.1) is 37.4 Å². The quantitative estimate of drug-likeness (QED) is 0.0547. The zero-order valence-corrected chi connectivity index (χ0v) is 57.7. The highest BCUT2D eigenvalue weighted by Gasteiger charge is 2.77. The van der Waals surface area contributed by atoms with Crippen LogP contribution in [0, 0.1) is 74.9 Å². The summed E-state index contributed by atoms with van der Waals surface area (Å²) in [6, 6.07) is 15.4. The molecule has 0 aromatic heterocycles. The normalized spacial score (nSPS) is 36.3. The van der Waals surface area contributed by atoms with E-state index in [4.69, 9.17) is 37.9 Å². The van der Waals surface area contributed by atoms with Crippen LogP contribution in [-0.2, 0) is 57.1 Å². The van der Waals surface area contributed by atoms with Crippen molar-refractivity contribution < 1.29 is 71.8 Å². The first kappa shape index (κ1) is 69.4. The molecule has 2 bridgehead atoms. The summed E-state index contributed by atoms with van der Waals surface area (Å²) in [6.45, 7) is 29.2. The summed E-state index contributed by atoms with van der Waals surface area (Å²) in [7, 11) is 0. The highest BCUT2D eigenvalue weighted by Crippen LogP contribution is 2.69. The monoisotopic (exact) mass is 1270 g/mol. The predicted molar refractivity (Wildman–Crippen MR) is 347 cm³/mol. The van der Waals surface area contributed by atoms with Gasteiger partial charge in [0.25, 0.3) is 0 Å². The van der Waals surface area contributed by atoms with Crippen molar-refractivity contribution in [3.05, 3.63) is 94.6 Å². The van der Waals surface area contributed by atoms with Gasteiger partial charge < -0.3 is 48.3 Å². The average molecular weight is 1270 g/mol. The van der Waals surface area contributed by atoms with Crippen molar-refractivity contribution in [1.82, 2.24) is 5.32 Å². The number of hydrogen-bond acceptors (Lipinski definition) is 15. The van der Waals surface area contributed by atoms with E-state index in [1.165, 1.54) is 57.4 Å². The van der Waals surface area contributed by atoms with Gasteiger partial charge in [0.15, 0.2) is 5.60 Å². The number of nitrogens with one attached hydrogen (secondary N) is 1. The van der Waals surface area contributed by atoms with Crippen LogP contribution in [0.3, 0.4) is 0 Å². The van der Waals surface area contributed by atoms with Crippen molar-refractivity contribution in [3.8, 4) is 0 Å². The molecular formula is C76H107NO15. The molecule has 16 nitrogen and oxygen atoms in total. The van der Waals surface area contributed by atoms with Gasteiger partial charge in [-0.25, -0.2) is 19.2 Å². The summed E-state index contributed by atoms with van der Waals surface area (Å²) >= 11 is 0. The first-order chi connectivity index (χ1) is 43.3. The summed E-state index contributed by atoms with van der Waals surface area (Å²) in [5.74, 6) is -1.66. The molecule has 3 unspecified atom stereocenters. The number of carbonyl (C=O) groups is 6. The fourth-order valence-corrected chi connectivity index (χ4v) is 19.9. The molecule has 2 aromatic rings. The Morgan fingerprint density at radius 1 is 0.848 bits per heavy atom. The van der Waals surface area contributed by atoms with E-state index in [1.807, 2.05) is 13.8 Å². The molecule has 5 saturated carbocycles. The molecule has 0 spiro atoms. The Balaban J connectivity index is 0.877. The smallest absolute Gasteiger partial charge is 0.408 e. The van der Waals surface area contributed by atoms with Gasteiger partial charge >= 0.3 is 30.0 Å². The zero-order chi connectivity index (χ0) is 66.7. The van der Waals surface area contributed by atoms with Crippen molar-refractivity contribution >= 4 is 35.8 Å². The van der Waals surface area contributed by atoms with Gasteiger partial charge in [-0.1, -0.05) is 149 Å². The van der Waals surface area contributed by atoms with Gasteiger partial charge in [-0.2, -0.15) is 0 Å². The first-order valence-corrected chi connectivity index (χ1v) is 34.7. The molecule has 10 rings (SSSR count). The molecule has 506 valence electrons. The number of ketones is 1. The van der Waals surface area contributed by atoms with E-state index in [9.17, 15) is 24.3 Å². The van der Waals surface area contributed by atoms with E-state index in [1.54, 1.807) is 109 Å². The summed E-state index contributed by atoms with van der Waals surface area (Å²) in [6.07, 6.45) is 9.50. The van der Waals surface area contributed by atoms with Gasteiger partial charge in [-0.3, -0.25) is 9.59 Å². The standard InChI is InChI=1S/C76H107NO15/c1-44(2)23-22-24-45(3)55-31-32-56-54-30-29-52-40-53(33-35-72(52,13)57(54)34-36-73(55,56)14)86-38-37-85-42-60(79)89-63(62(50-25-18-16-19-26-50)77-69(83)92-70(8,9)10)68(82)88-58-41-76(84)66(90-67(81)51-27-20-17-21-28-51)64-74(15,65(80)48(6)61(47(58)5)71(76,11)12)46(4)39-59-75(64,43-87-59)91-49(7)78/h16-21,25-29,44-46,48,53-59,62-64,66,84H,22-24,30-43H2,1-15H3,(H,77,83)/t45-,46+,48-,53+,54?,55-,56?,57?,58+,59-,62+,63-,64+,66+,72+,73-,74-,75+,76-/m1/s1. The Kier molecular flexibility index (Phi) is 20.1. The predicted octanol–water partition coefficient (Wildman–Crippen LogP) is 13.8. The Morgan fingerprint density at radius 2 is 1.54 bits per heavy atom. The molecule has 1 saturated heterocycles. The third kappa shape index (κ3) is 12.8. The topological polar surface area (TPSA) is 209 Å². The van der Waals surface area contributed by atoms with Crippen LogP contribution in [0.15, 0.2) is 83.5 Å². The summed E-state index contributed by atoms with van der Waals surface area (Å²) in [5.41, 5.74) is -3.83. The third-order valence-electron chi connectivity index (χ3n) is 24.6.